The molecule has 2 rings (SSSR count). The van der Waals surface area contributed by atoms with Crippen LogP contribution in [0.4, 0.5) is 0 Å². The van der Waals surface area contributed by atoms with Crippen molar-refractivity contribution in [1.82, 2.24) is 5.32 Å². The summed E-state index contributed by atoms with van der Waals surface area (Å²) in [6.07, 6.45) is 3.89. The van der Waals surface area contributed by atoms with Crippen molar-refractivity contribution in [3.63, 3.8) is 0 Å². The first-order chi connectivity index (χ1) is 9.43. The predicted octanol–water partition coefficient (Wildman–Crippen LogP) is 4.87. The van der Waals surface area contributed by atoms with Crippen LogP contribution in [0.25, 0.3) is 0 Å². The maximum Gasteiger partial charge on any atom is 0.00987 e. The van der Waals surface area contributed by atoms with E-state index in [-0.39, 0.29) is 5.41 Å². The van der Waals surface area contributed by atoms with Gasteiger partial charge in [0, 0.05) is 6.04 Å². The highest BCUT2D eigenvalue weighted by molar-refractivity contribution is 5.30. The molecule has 0 saturated heterocycles. The Hall–Kier alpha value is -0.820. The van der Waals surface area contributed by atoms with Crippen molar-refractivity contribution < 1.29 is 0 Å². The lowest BCUT2D eigenvalue weighted by Gasteiger charge is -2.24. The Balaban J connectivity index is 2.05. The molecule has 1 fully saturated rings. The van der Waals surface area contributed by atoms with E-state index in [0.29, 0.717) is 6.04 Å². The average Bonchev–Trinajstić information content (AvgIpc) is 2.77. The van der Waals surface area contributed by atoms with Gasteiger partial charge < -0.3 is 5.32 Å². The van der Waals surface area contributed by atoms with Crippen LogP contribution in [-0.4, -0.2) is 12.6 Å². The molecular formula is C19H31N. The zero-order chi connectivity index (χ0) is 14.8. The monoisotopic (exact) mass is 273 g/mol. The molecule has 1 saturated carbocycles. The fourth-order valence-electron chi connectivity index (χ4n) is 3.48. The molecule has 1 aromatic rings. The van der Waals surface area contributed by atoms with Crippen LogP contribution in [0.2, 0.25) is 0 Å². The second kappa shape index (κ2) is 6.30. The topological polar surface area (TPSA) is 12.0 Å². The third-order valence-corrected chi connectivity index (χ3v) is 4.92. The molecule has 0 aromatic heterocycles. The molecule has 0 spiro atoms. The van der Waals surface area contributed by atoms with Crippen molar-refractivity contribution in [2.75, 3.05) is 6.54 Å². The van der Waals surface area contributed by atoms with Gasteiger partial charge in [-0.05, 0) is 54.2 Å². The molecule has 0 bridgehead atoms. The fourth-order valence-corrected chi connectivity index (χ4v) is 3.48. The maximum atomic E-state index is 3.72. The van der Waals surface area contributed by atoms with Crippen LogP contribution in [-0.2, 0) is 5.41 Å². The highest BCUT2D eigenvalue weighted by Gasteiger charge is 2.33. The van der Waals surface area contributed by atoms with E-state index in [1.165, 1.54) is 30.4 Å². The number of benzene rings is 1. The number of hydrogen-bond donors (Lipinski definition) is 1. The van der Waals surface area contributed by atoms with Crippen LogP contribution in [0.15, 0.2) is 24.3 Å². The van der Waals surface area contributed by atoms with Gasteiger partial charge >= 0.3 is 0 Å². The summed E-state index contributed by atoms with van der Waals surface area (Å²) in [4.78, 5) is 0. The van der Waals surface area contributed by atoms with Gasteiger partial charge in [-0.2, -0.15) is 0 Å². The van der Waals surface area contributed by atoms with E-state index in [2.05, 4.69) is 64.2 Å². The smallest absolute Gasteiger partial charge is 0.00987 e. The normalized spacial score (nSPS) is 26.9. The van der Waals surface area contributed by atoms with Crippen LogP contribution in [0.3, 0.4) is 0 Å². The molecule has 0 heterocycles. The first-order valence-electron chi connectivity index (χ1n) is 8.27. The predicted molar refractivity (Wildman–Crippen MR) is 88.4 cm³/mol. The second-order valence-electron chi connectivity index (χ2n) is 7.48. The average molecular weight is 273 g/mol. The lowest BCUT2D eigenvalue weighted by Crippen LogP contribution is -2.32. The molecule has 3 unspecified atom stereocenters. The quantitative estimate of drug-likeness (QED) is 0.825. The zero-order valence-electron chi connectivity index (χ0n) is 13.9. The Morgan fingerprint density at radius 1 is 1.10 bits per heavy atom. The van der Waals surface area contributed by atoms with E-state index in [0.717, 1.165) is 18.4 Å². The lowest BCUT2D eigenvalue weighted by molar-refractivity contribution is 0.404. The number of rotatable bonds is 4. The maximum absolute atomic E-state index is 3.72. The Labute approximate surface area is 125 Å². The SMILES string of the molecule is CCCNC1CCC(c2ccc(C(C)(C)C)cc2)C1C. The summed E-state index contributed by atoms with van der Waals surface area (Å²) in [6.45, 7) is 12.7. The molecule has 1 aliphatic carbocycles. The van der Waals surface area contributed by atoms with E-state index in [1.54, 1.807) is 0 Å². The minimum atomic E-state index is 0.255. The summed E-state index contributed by atoms with van der Waals surface area (Å²) >= 11 is 0. The lowest BCUT2D eigenvalue weighted by atomic mass is 9.83. The summed E-state index contributed by atoms with van der Waals surface area (Å²) in [5.74, 6) is 1.49. The zero-order valence-corrected chi connectivity index (χ0v) is 13.9. The van der Waals surface area contributed by atoms with E-state index >= 15 is 0 Å². The Kier molecular flexibility index (Phi) is 4.90. The van der Waals surface area contributed by atoms with Gasteiger partial charge in [0.05, 0.1) is 0 Å². The van der Waals surface area contributed by atoms with Crippen molar-refractivity contribution >= 4 is 0 Å². The molecule has 0 amide bonds. The van der Waals surface area contributed by atoms with Gasteiger partial charge in [0.15, 0.2) is 0 Å². The van der Waals surface area contributed by atoms with Crippen LogP contribution in [0, 0.1) is 5.92 Å². The van der Waals surface area contributed by atoms with Crippen molar-refractivity contribution in [2.24, 2.45) is 5.92 Å². The summed E-state index contributed by atoms with van der Waals surface area (Å²) in [5.41, 5.74) is 3.23. The second-order valence-corrected chi connectivity index (χ2v) is 7.48. The highest BCUT2D eigenvalue weighted by Crippen LogP contribution is 2.40. The number of hydrogen-bond acceptors (Lipinski definition) is 1. The first-order valence-corrected chi connectivity index (χ1v) is 8.27. The number of nitrogens with one attached hydrogen (secondary N) is 1. The molecule has 1 aliphatic rings. The van der Waals surface area contributed by atoms with Crippen LogP contribution >= 0.6 is 0 Å². The summed E-state index contributed by atoms with van der Waals surface area (Å²) in [5, 5.41) is 3.72. The molecule has 0 aliphatic heterocycles. The van der Waals surface area contributed by atoms with Gasteiger partial charge in [-0.3, -0.25) is 0 Å². The van der Waals surface area contributed by atoms with Gasteiger partial charge in [-0.15, -0.1) is 0 Å². The Bertz CT molecular complexity index is 412. The van der Waals surface area contributed by atoms with Crippen molar-refractivity contribution in [1.29, 1.82) is 0 Å². The first kappa shape index (κ1) is 15.6. The molecular weight excluding hydrogens is 242 g/mol. The standard InChI is InChI=1S/C19H31N/c1-6-13-20-18-12-11-17(14(18)2)15-7-9-16(10-8-15)19(3,4)5/h7-10,14,17-18,20H,6,11-13H2,1-5H3. The minimum absolute atomic E-state index is 0.255. The molecule has 20 heavy (non-hydrogen) atoms. The third kappa shape index (κ3) is 3.44. The van der Waals surface area contributed by atoms with Gasteiger partial charge in [-0.1, -0.05) is 58.9 Å². The van der Waals surface area contributed by atoms with Crippen LogP contribution in [0.5, 0.6) is 0 Å². The van der Waals surface area contributed by atoms with E-state index < -0.39 is 0 Å². The third-order valence-electron chi connectivity index (χ3n) is 4.92. The minimum Gasteiger partial charge on any atom is -0.314 e. The molecule has 1 heteroatoms. The fraction of sp³-hybridized carbons (Fsp3) is 0.684. The molecule has 1 aromatic carbocycles. The molecule has 1 nitrogen and oxygen atoms in total. The van der Waals surface area contributed by atoms with Crippen LogP contribution < -0.4 is 5.32 Å². The van der Waals surface area contributed by atoms with Crippen molar-refractivity contribution in [2.45, 2.75) is 71.3 Å². The summed E-state index contributed by atoms with van der Waals surface area (Å²) in [6, 6.07) is 10.1. The van der Waals surface area contributed by atoms with E-state index in [9.17, 15) is 0 Å². The summed E-state index contributed by atoms with van der Waals surface area (Å²) < 4.78 is 0. The Morgan fingerprint density at radius 2 is 1.75 bits per heavy atom. The molecule has 112 valence electrons. The Morgan fingerprint density at radius 3 is 2.30 bits per heavy atom. The summed E-state index contributed by atoms with van der Waals surface area (Å²) in [7, 11) is 0. The van der Waals surface area contributed by atoms with Crippen molar-refractivity contribution in [3.05, 3.63) is 35.4 Å². The highest BCUT2D eigenvalue weighted by atomic mass is 14.9. The van der Waals surface area contributed by atoms with E-state index in [4.69, 9.17) is 0 Å². The van der Waals surface area contributed by atoms with Gasteiger partial charge in [0.25, 0.3) is 0 Å². The van der Waals surface area contributed by atoms with Gasteiger partial charge in [0.2, 0.25) is 0 Å². The molecule has 0 radical (unpaired) electrons. The van der Waals surface area contributed by atoms with Crippen LogP contribution in [0.1, 0.15) is 70.9 Å². The molecule has 1 N–H and O–H groups in total. The van der Waals surface area contributed by atoms with Gasteiger partial charge in [-0.25, -0.2) is 0 Å². The van der Waals surface area contributed by atoms with E-state index in [1.807, 2.05) is 0 Å². The van der Waals surface area contributed by atoms with Gasteiger partial charge in [0.1, 0.15) is 0 Å². The largest absolute Gasteiger partial charge is 0.314 e. The van der Waals surface area contributed by atoms with Crippen molar-refractivity contribution in [3.8, 4) is 0 Å². The molecule has 3 atom stereocenters.